The van der Waals surface area contributed by atoms with Crippen LogP contribution in [0.2, 0.25) is 0 Å². The third-order valence-electron chi connectivity index (χ3n) is 7.10. The van der Waals surface area contributed by atoms with Crippen LogP contribution in [0.3, 0.4) is 0 Å². The molecule has 1 aromatic carbocycles. The Bertz CT molecular complexity index is 1320. The molecule has 4 aromatic rings. The normalized spacial score (nSPS) is 15.1. The lowest BCUT2D eigenvalue weighted by molar-refractivity contribution is 0.0591. The quantitative estimate of drug-likeness (QED) is 0.397. The smallest absolute Gasteiger partial charge is 0.0896 e. The molecule has 190 valence electrons. The number of piperazine rings is 1. The van der Waals surface area contributed by atoms with Crippen molar-refractivity contribution in [1.29, 1.82) is 0 Å². The third-order valence-corrected chi connectivity index (χ3v) is 7.10. The summed E-state index contributed by atoms with van der Waals surface area (Å²) in [4.78, 5) is 18.8. The summed E-state index contributed by atoms with van der Waals surface area (Å²) < 4.78 is 0. The van der Waals surface area contributed by atoms with E-state index in [4.69, 9.17) is 5.73 Å². The first-order valence-electron chi connectivity index (χ1n) is 13.0. The minimum Gasteiger partial charge on any atom is -0.325 e. The summed E-state index contributed by atoms with van der Waals surface area (Å²) in [7, 11) is 0. The molecule has 1 aliphatic heterocycles. The highest BCUT2D eigenvalue weighted by Crippen LogP contribution is 2.29. The molecule has 6 heteroatoms. The molecule has 37 heavy (non-hydrogen) atoms. The van der Waals surface area contributed by atoms with Crippen molar-refractivity contribution >= 4 is 0 Å². The molecule has 0 radical (unpaired) electrons. The molecule has 0 spiro atoms. The van der Waals surface area contributed by atoms with Crippen molar-refractivity contribution in [3.63, 3.8) is 0 Å². The van der Waals surface area contributed by atoms with Gasteiger partial charge in [-0.1, -0.05) is 30.3 Å². The molecular weight excluding hydrogens is 456 g/mol. The number of hydrogen-bond acceptors (Lipinski definition) is 6. The highest BCUT2D eigenvalue weighted by molar-refractivity contribution is 5.74. The SMILES string of the molecule is CC(C)(C)N1CCN(Cc2ccc(-c3cncc(-c4cc(CN)nc(-c5ccccn5)c4)c3)cc2)CC1. The maximum absolute atomic E-state index is 5.97. The third kappa shape index (κ3) is 6.10. The number of hydrogen-bond donors (Lipinski definition) is 1. The Morgan fingerprint density at radius 2 is 1.51 bits per heavy atom. The first-order valence-corrected chi connectivity index (χ1v) is 13.0. The monoisotopic (exact) mass is 492 g/mol. The van der Waals surface area contributed by atoms with Crippen LogP contribution < -0.4 is 5.73 Å². The van der Waals surface area contributed by atoms with Crippen LogP contribution in [-0.2, 0) is 13.1 Å². The average Bonchev–Trinajstić information content (AvgIpc) is 2.93. The summed E-state index contributed by atoms with van der Waals surface area (Å²) in [5, 5.41) is 0. The van der Waals surface area contributed by atoms with Gasteiger partial charge < -0.3 is 5.73 Å². The van der Waals surface area contributed by atoms with Gasteiger partial charge in [0.05, 0.1) is 17.1 Å². The molecule has 0 unspecified atom stereocenters. The van der Waals surface area contributed by atoms with Crippen molar-refractivity contribution in [2.75, 3.05) is 26.2 Å². The number of benzene rings is 1. The summed E-state index contributed by atoms with van der Waals surface area (Å²) in [5.41, 5.74) is 14.4. The van der Waals surface area contributed by atoms with Crippen LogP contribution in [-0.4, -0.2) is 56.5 Å². The second-order valence-corrected chi connectivity index (χ2v) is 10.7. The lowest BCUT2D eigenvalue weighted by atomic mass is 10.00. The fourth-order valence-corrected chi connectivity index (χ4v) is 4.90. The molecule has 2 N–H and O–H groups in total. The summed E-state index contributed by atoms with van der Waals surface area (Å²) in [6.45, 7) is 12.7. The maximum Gasteiger partial charge on any atom is 0.0896 e. The van der Waals surface area contributed by atoms with Crippen molar-refractivity contribution in [3.8, 4) is 33.6 Å². The highest BCUT2D eigenvalue weighted by Gasteiger charge is 2.25. The van der Waals surface area contributed by atoms with Gasteiger partial charge >= 0.3 is 0 Å². The van der Waals surface area contributed by atoms with Gasteiger partial charge in [-0.15, -0.1) is 0 Å². The van der Waals surface area contributed by atoms with Gasteiger partial charge in [0, 0.05) is 74.5 Å². The lowest BCUT2D eigenvalue weighted by Crippen LogP contribution is -2.53. The van der Waals surface area contributed by atoms with Crippen LogP contribution in [0, 0.1) is 0 Å². The zero-order chi connectivity index (χ0) is 25.8. The molecular formula is C31H36N6. The summed E-state index contributed by atoms with van der Waals surface area (Å²) in [6, 6.07) is 21.0. The van der Waals surface area contributed by atoms with Gasteiger partial charge in [-0.05, 0) is 67.8 Å². The second-order valence-electron chi connectivity index (χ2n) is 10.7. The van der Waals surface area contributed by atoms with Crippen LogP contribution in [0.4, 0.5) is 0 Å². The molecule has 0 amide bonds. The Balaban J connectivity index is 1.32. The first kappa shape index (κ1) is 25.2. The molecule has 1 saturated heterocycles. The zero-order valence-electron chi connectivity index (χ0n) is 22.1. The van der Waals surface area contributed by atoms with Crippen molar-refractivity contribution in [2.45, 2.75) is 39.4 Å². The largest absolute Gasteiger partial charge is 0.325 e. The lowest BCUT2D eigenvalue weighted by Gasteiger charge is -2.42. The van der Waals surface area contributed by atoms with E-state index in [-0.39, 0.29) is 5.54 Å². The first-order chi connectivity index (χ1) is 17.9. The number of rotatable bonds is 6. The Morgan fingerprint density at radius 1 is 0.784 bits per heavy atom. The molecule has 5 rings (SSSR count). The van der Waals surface area contributed by atoms with Gasteiger partial charge in [0.1, 0.15) is 0 Å². The fourth-order valence-electron chi connectivity index (χ4n) is 4.90. The van der Waals surface area contributed by atoms with E-state index in [1.54, 1.807) is 6.20 Å². The fraction of sp³-hybridized carbons (Fsp3) is 0.323. The standard InChI is InChI=1S/C31H36N6/c1-31(2,3)37-14-12-36(13-15-37)22-23-7-9-24(10-8-23)26-16-27(21-33-20-26)25-17-28(19-32)35-30(18-25)29-6-4-5-11-34-29/h4-11,16-18,20-21H,12-15,19,22,32H2,1-3H3. The van der Waals surface area contributed by atoms with Gasteiger partial charge in [-0.2, -0.15) is 0 Å². The van der Waals surface area contributed by atoms with Crippen LogP contribution in [0.25, 0.3) is 33.6 Å². The van der Waals surface area contributed by atoms with Crippen molar-refractivity contribution in [2.24, 2.45) is 5.73 Å². The predicted molar refractivity (Wildman–Crippen MR) is 151 cm³/mol. The van der Waals surface area contributed by atoms with E-state index in [1.807, 2.05) is 36.7 Å². The average molecular weight is 493 g/mol. The second kappa shape index (κ2) is 10.9. The van der Waals surface area contributed by atoms with E-state index in [9.17, 15) is 0 Å². The molecule has 1 aliphatic rings. The van der Waals surface area contributed by atoms with E-state index in [0.29, 0.717) is 6.54 Å². The van der Waals surface area contributed by atoms with E-state index in [1.165, 1.54) is 5.56 Å². The maximum atomic E-state index is 5.97. The van der Waals surface area contributed by atoms with Gasteiger partial charge in [0.2, 0.25) is 0 Å². The summed E-state index contributed by atoms with van der Waals surface area (Å²) in [6.07, 6.45) is 5.60. The predicted octanol–water partition coefficient (Wildman–Crippen LogP) is 5.25. The molecule has 4 heterocycles. The zero-order valence-corrected chi connectivity index (χ0v) is 22.1. The topological polar surface area (TPSA) is 71.2 Å². The number of nitrogens with two attached hydrogens (primary N) is 1. The molecule has 6 nitrogen and oxygen atoms in total. The summed E-state index contributed by atoms with van der Waals surface area (Å²) in [5.74, 6) is 0. The van der Waals surface area contributed by atoms with E-state index in [0.717, 1.165) is 72.1 Å². The molecule has 3 aromatic heterocycles. The van der Waals surface area contributed by atoms with Gasteiger partial charge in [0.15, 0.2) is 0 Å². The van der Waals surface area contributed by atoms with Crippen molar-refractivity contribution in [3.05, 3.63) is 90.5 Å². The molecule has 0 saturated carbocycles. The van der Waals surface area contributed by atoms with Gasteiger partial charge in [-0.25, -0.2) is 4.98 Å². The molecule has 0 bridgehead atoms. The number of pyridine rings is 3. The molecule has 0 atom stereocenters. The van der Waals surface area contributed by atoms with Crippen LogP contribution in [0.5, 0.6) is 0 Å². The van der Waals surface area contributed by atoms with Gasteiger partial charge in [0.25, 0.3) is 0 Å². The van der Waals surface area contributed by atoms with Crippen LogP contribution in [0.15, 0.2) is 79.3 Å². The number of nitrogens with zero attached hydrogens (tertiary/aromatic N) is 5. The Morgan fingerprint density at radius 3 is 2.16 bits per heavy atom. The Kier molecular flexibility index (Phi) is 7.42. The van der Waals surface area contributed by atoms with E-state index < -0.39 is 0 Å². The summed E-state index contributed by atoms with van der Waals surface area (Å²) >= 11 is 0. The number of aromatic nitrogens is 3. The van der Waals surface area contributed by atoms with Crippen LogP contribution >= 0.6 is 0 Å². The minimum absolute atomic E-state index is 0.248. The van der Waals surface area contributed by atoms with E-state index >= 15 is 0 Å². The van der Waals surface area contributed by atoms with Crippen molar-refractivity contribution in [1.82, 2.24) is 24.8 Å². The molecule has 0 aliphatic carbocycles. The Labute approximate surface area is 220 Å². The Hall–Kier alpha value is -3.45. The van der Waals surface area contributed by atoms with Crippen LogP contribution in [0.1, 0.15) is 32.0 Å². The van der Waals surface area contributed by atoms with Gasteiger partial charge in [-0.3, -0.25) is 19.8 Å². The van der Waals surface area contributed by atoms with Crippen molar-refractivity contribution < 1.29 is 0 Å². The molecule has 1 fully saturated rings. The minimum atomic E-state index is 0.248. The van der Waals surface area contributed by atoms with E-state index in [2.05, 4.69) is 81.9 Å². The highest BCUT2D eigenvalue weighted by atomic mass is 15.3.